The van der Waals surface area contributed by atoms with Gasteiger partial charge in [0.2, 0.25) is 0 Å². The van der Waals surface area contributed by atoms with Crippen LogP contribution in [0, 0.1) is 5.92 Å². The summed E-state index contributed by atoms with van der Waals surface area (Å²) < 4.78 is 0. The second-order valence-electron chi connectivity index (χ2n) is 5.27. The molecule has 2 aliphatic carbocycles. The largest absolute Gasteiger partial charge is 0.393 e. The molecule has 0 saturated heterocycles. The van der Waals surface area contributed by atoms with Crippen LogP contribution >= 0.6 is 0 Å². The Morgan fingerprint density at radius 3 is 2.47 bits per heavy atom. The molecule has 15 heavy (non-hydrogen) atoms. The summed E-state index contributed by atoms with van der Waals surface area (Å²) in [6.07, 6.45) is 7.69. The average molecular weight is 213 g/mol. The molecule has 0 heterocycles. The van der Waals surface area contributed by atoms with Crippen LogP contribution in [0.2, 0.25) is 0 Å². The molecule has 0 spiro atoms. The Kier molecular flexibility index (Phi) is 4.00. The normalized spacial score (nSPS) is 34.0. The second kappa shape index (κ2) is 5.28. The van der Waals surface area contributed by atoms with Gasteiger partial charge < -0.3 is 15.5 Å². The van der Waals surface area contributed by atoms with Gasteiger partial charge in [-0.25, -0.2) is 0 Å². The van der Waals surface area contributed by atoms with Crippen molar-refractivity contribution >= 4 is 0 Å². The molecule has 3 N–H and O–H groups in total. The average Bonchev–Trinajstić information content (AvgIpc) is 2.63. The molecule has 0 bridgehead atoms. The summed E-state index contributed by atoms with van der Waals surface area (Å²) >= 11 is 0. The van der Waals surface area contributed by atoms with Gasteiger partial charge in [0.25, 0.3) is 0 Å². The lowest BCUT2D eigenvalue weighted by atomic mass is 9.89. The molecule has 1 atom stereocenters. The summed E-state index contributed by atoms with van der Waals surface area (Å²) in [5.41, 5.74) is 0. The van der Waals surface area contributed by atoms with Crippen LogP contribution in [0.1, 0.15) is 44.9 Å². The first-order chi connectivity index (χ1) is 7.24. The van der Waals surface area contributed by atoms with E-state index in [0.29, 0.717) is 12.6 Å². The van der Waals surface area contributed by atoms with E-state index in [4.69, 9.17) is 5.11 Å². The highest BCUT2D eigenvalue weighted by Gasteiger charge is 2.27. The van der Waals surface area contributed by atoms with Gasteiger partial charge in [-0.1, -0.05) is 25.7 Å². The minimum absolute atomic E-state index is 0.102. The zero-order valence-corrected chi connectivity index (χ0v) is 9.36. The summed E-state index contributed by atoms with van der Waals surface area (Å²) in [5, 5.41) is 22.2. The number of rotatable bonds is 5. The number of aliphatic hydroxyl groups is 2. The maximum Gasteiger partial charge on any atom is 0.0667 e. The second-order valence-corrected chi connectivity index (χ2v) is 5.27. The smallest absolute Gasteiger partial charge is 0.0667 e. The van der Waals surface area contributed by atoms with Crippen LogP contribution in [0.4, 0.5) is 0 Å². The SMILES string of the molecule is OC(CNC1CC(O)C1)CC1CCCC1. The van der Waals surface area contributed by atoms with Crippen LogP contribution in [0.5, 0.6) is 0 Å². The van der Waals surface area contributed by atoms with Crippen LogP contribution in [0.3, 0.4) is 0 Å². The summed E-state index contributed by atoms with van der Waals surface area (Å²) in [5.74, 6) is 0.758. The predicted octanol–water partition coefficient (Wildman–Crippen LogP) is 1.04. The van der Waals surface area contributed by atoms with Crippen molar-refractivity contribution in [2.75, 3.05) is 6.54 Å². The Balaban J connectivity index is 1.54. The van der Waals surface area contributed by atoms with Crippen molar-refractivity contribution in [3.8, 4) is 0 Å². The number of aliphatic hydroxyl groups excluding tert-OH is 2. The third kappa shape index (κ3) is 3.44. The zero-order valence-electron chi connectivity index (χ0n) is 9.36. The van der Waals surface area contributed by atoms with E-state index in [9.17, 15) is 5.11 Å². The number of hydrogen-bond donors (Lipinski definition) is 3. The number of nitrogens with one attached hydrogen (secondary N) is 1. The maximum absolute atomic E-state index is 9.82. The minimum Gasteiger partial charge on any atom is -0.393 e. The molecule has 2 saturated carbocycles. The lowest BCUT2D eigenvalue weighted by Gasteiger charge is -2.33. The van der Waals surface area contributed by atoms with Crippen LogP contribution in [-0.2, 0) is 0 Å². The van der Waals surface area contributed by atoms with Gasteiger partial charge in [-0.3, -0.25) is 0 Å². The first-order valence-corrected chi connectivity index (χ1v) is 6.33. The Morgan fingerprint density at radius 2 is 1.87 bits per heavy atom. The molecule has 0 aromatic heterocycles. The van der Waals surface area contributed by atoms with Crippen molar-refractivity contribution in [3.63, 3.8) is 0 Å². The molecular weight excluding hydrogens is 190 g/mol. The van der Waals surface area contributed by atoms with E-state index in [1.807, 2.05) is 0 Å². The van der Waals surface area contributed by atoms with Crippen molar-refractivity contribution < 1.29 is 10.2 Å². The third-order valence-electron chi connectivity index (χ3n) is 3.84. The molecule has 1 unspecified atom stereocenters. The van der Waals surface area contributed by atoms with Crippen molar-refractivity contribution in [1.82, 2.24) is 5.32 Å². The summed E-state index contributed by atoms with van der Waals surface area (Å²) in [6, 6.07) is 0.443. The van der Waals surface area contributed by atoms with Crippen LogP contribution in [0.15, 0.2) is 0 Å². The highest BCUT2D eigenvalue weighted by molar-refractivity contribution is 4.85. The fourth-order valence-electron chi connectivity index (χ4n) is 2.77. The molecule has 3 heteroatoms. The summed E-state index contributed by atoms with van der Waals surface area (Å²) in [4.78, 5) is 0. The van der Waals surface area contributed by atoms with Gasteiger partial charge in [0.05, 0.1) is 12.2 Å². The first-order valence-electron chi connectivity index (χ1n) is 6.33. The molecule has 0 amide bonds. The van der Waals surface area contributed by atoms with Gasteiger partial charge >= 0.3 is 0 Å². The Morgan fingerprint density at radius 1 is 1.20 bits per heavy atom. The van der Waals surface area contributed by atoms with Gasteiger partial charge in [0.1, 0.15) is 0 Å². The fourth-order valence-corrected chi connectivity index (χ4v) is 2.77. The zero-order chi connectivity index (χ0) is 10.7. The lowest BCUT2D eigenvalue weighted by Crippen LogP contribution is -2.46. The third-order valence-corrected chi connectivity index (χ3v) is 3.84. The molecule has 88 valence electrons. The minimum atomic E-state index is -0.189. The number of hydrogen-bond acceptors (Lipinski definition) is 3. The molecule has 0 radical (unpaired) electrons. The van der Waals surface area contributed by atoms with E-state index < -0.39 is 0 Å². The molecule has 2 rings (SSSR count). The Labute approximate surface area is 91.9 Å². The molecule has 3 nitrogen and oxygen atoms in total. The van der Waals surface area contributed by atoms with E-state index in [-0.39, 0.29) is 12.2 Å². The molecule has 0 aromatic rings. The van der Waals surface area contributed by atoms with Crippen molar-refractivity contribution in [2.45, 2.75) is 63.2 Å². The van der Waals surface area contributed by atoms with Gasteiger partial charge in [-0.05, 0) is 25.2 Å². The molecule has 0 aliphatic heterocycles. The van der Waals surface area contributed by atoms with Crippen molar-refractivity contribution in [1.29, 1.82) is 0 Å². The summed E-state index contributed by atoms with van der Waals surface area (Å²) in [6.45, 7) is 0.702. The first kappa shape index (κ1) is 11.4. The van der Waals surface area contributed by atoms with Crippen LogP contribution < -0.4 is 5.32 Å². The van der Waals surface area contributed by atoms with E-state index in [2.05, 4.69) is 5.32 Å². The monoisotopic (exact) mass is 213 g/mol. The Bertz CT molecular complexity index is 186. The van der Waals surface area contributed by atoms with Crippen molar-refractivity contribution in [3.05, 3.63) is 0 Å². The Hall–Kier alpha value is -0.120. The topological polar surface area (TPSA) is 52.5 Å². The van der Waals surface area contributed by atoms with Gasteiger partial charge in [-0.15, -0.1) is 0 Å². The molecule has 2 fully saturated rings. The maximum atomic E-state index is 9.82. The van der Waals surface area contributed by atoms with Crippen molar-refractivity contribution in [2.24, 2.45) is 5.92 Å². The fraction of sp³-hybridized carbons (Fsp3) is 1.00. The van der Waals surface area contributed by atoms with E-state index in [1.165, 1.54) is 25.7 Å². The highest BCUT2D eigenvalue weighted by Crippen LogP contribution is 2.28. The van der Waals surface area contributed by atoms with Gasteiger partial charge in [0, 0.05) is 12.6 Å². The molecule has 0 aromatic carbocycles. The van der Waals surface area contributed by atoms with Crippen LogP contribution in [0.25, 0.3) is 0 Å². The molecular formula is C12H23NO2. The predicted molar refractivity (Wildman–Crippen MR) is 59.6 cm³/mol. The van der Waals surface area contributed by atoms with Gasteiger partial charge in [-0.2, -0.15) is 0 Å². The van der Waals surface area contributed by atoms with Gasteiger partial charge in [0.15, 0.2) is 0 Å². The van der Waals surface area contributed by atoms with E-state index in [1.54, 1.807) is 0 Å². The van der Waals surface area contributed by atoms with E-state index in [0.717, 1.165) is 25.2 Å². The van der Waals surface area contributed by atoms with E-state index >= 15 is 0 Å². The standard InChI is InChI=1S/C12H23NO2/c14-11-6-10(7-11)13-8-12(15)5-9-3-1-2-4-9/h9-15H,1-8H2. The lowest BCUT2D eigenvalue weighted by molar-refractivity contribution is 0.0527. The highest BCUT2D eigenvalue weighted by atomic mass is 16.3. The quantitative estimate of drug-likeness (QED) is 0.639. The molecule has 2 aliphatic rings. The summed E-state index contributed by atoms with van der Waals surface area (Å²) in [7, 11) is 0. The van der Waals surface area contributed by atoms with Crippen LogP contribution in [-0.4, -0.2) is 35.0 Å².